The molecule has 4 nitrogen and oxygen atoms in total. The van der Waals surface area contributed by atoms with E-state index in [2.05, 4.69) is 5.32 Å². The van der Waals surface area contributed by atoms with Crippen LogP contribution in [-0.2, 0) is 4.79 Å². The second-order valence-corrected chi connectivity index (χ2v) is 2.27. The Morgan fingerprint density at radius 3 is 2.40 bits per heavy atom. The van der Waals surface area contributed by atoms with E-state index >= 15 is 0 Å². The third-order valence-corrected chi connectivity index (χ3v) is 1.04. The van der Waals surface area contributed by atoms with Gasteiger partial charge in [-0.25, -0.2) is 0 Å². The molecule has 0 aromatic heterocycles. The van der Waals surface area contributed by atoms with Crippen LogP contribution in [0, 0.1) is 0 Å². The molecule has 0 spiro atoms. The highest BCUT2D eigenvalue weighted by atomic mass is 16.3. The fraction of sp³-hybridized carbons (Fsp3) is 0.833. The molecule has 0 heterocycles. The highest BCUT2D eigenvalue weighted by molar-refractivity contribution is 5.80. The van der Waals surface area contributed by atoms with Crippen LogP contribution in [0.2, 0.25) is 0 Å². The van der Waals surface area contributed by atoms with E-state index in [4.69, 9.17) is 10.2 Å². The first-order chi connectivity index (χ1) is 4.57. The number of carbonyl (C=O) groups is 1. The van der Waals surface area contributed by atoms with Crippen molar-refractivity contribution in [3.05, 3.63) is 0 Å². The van der Waals surface area contributed by atoms with Crippen LogP contribution >= 0.6 is 0 Å². The summed E-state index contributed by atoms with van der Waals surface area (Å²) in [7, 11) is 0. The number of hydrogen-bond acceptors (Lipinski definition) is 3. The molecule has 4 heteroatoms. The first-order valence-corrected chi connectivity index (χ1v) is 3.17. The van der Waals surface area contributed by atoms with E-state index in [9.17, 15) is 4.79 Å². The minimum absolute atomic E-state index is 0.113. The fourth-order valence-electron chi connectivity index (χ4n) is 0.409. The normalized spacial score (nSPS) is 16.0. The summed E-state index contributed by atoms with van der Waals surface area (Å²) in [5.41, 5.74) is 0. The lowest BCUT2D eigenvalue weighted by atomic mass is 10.3. The molecule has 0 aliphatic heterocycles. The molecule has 0 aromatic rings. The molecule has 0 saturated heterocycles. The van der Waals surface area contributed by atoms with E-state index in [-0.39, 0.29) is 12.6 Å². The van der Waals surface area contributed by atoms with E-state index in [0.717, 1.165) is 0 Å². The lowest BCUT2D eigenvalue weighted by Crippen LogP contribution is -2.40. The van der Waals surface area contributed by atoms with E-state index < -0.39 is 12.0 Å². The summed E-state index contributed by atoms with van der Waals surface area (Å²) < 4.78 is 0. The highest BCUT2D eigenvalue weighted by Crippen LogP contribution is 1.83. The first-order valence-electron chi connectivity index (χ1n) is 3.17. The average Bonchev–Trinajstić information content (AvgIpc) is 1.87. The van der Waals surface area contributed by atoms with Gasteiger partial charge in [-0.05, 0) is 13.8 Å². The summed E-state index contributed by atoms with van der Waals surface area (Å²) in [6.45, 7) is 2.91. The van der Waals surface area contributed by atoms with Gasteiger partial charge >= 0.3 is 0 Å². The minimum atomic E-state index is -1.01. The van der Waals surface area contributed by atoms with Gasteiger partial charge in [0.05, 0.1) is 6.61 Å². The monoisotopic (exact) mass is 147 g/mol. The Labute approximate surface area is 59.9 Å². The molecule has 2 unspecified atom stereocenters. The quantitative estimate of drug-likeness (QED) is 0.473. The Kier molecular flexibility index (Phi) is 3.99. The second-order valence-electron chi connectivity index (χ2n) is 2.27. The molecule has 0 fully saturated rings. The standard InChI is InChI=1S/C6H13NO3/c1-4(3-8)7-6(10)5(2)9/h4-5,8-9H,3H2,1-2H3,(H,7,10). The summed E-state index contributed by atoms with van der Waals surface area (Å²) in [5.74, 6) is -0.457. The zero-order chi connectivity index (χ0) is 8.15. The van der Waals surface area contributed by atoms with Gasteiger partial charge in [0, 0.05) is 6.04 Å². The van der Waals surface area contributed by atoms with Crippen LogP contribution in [0.3, 0.4) is 0 Å². The van der Waals surface area contributed by atoms with Gasteiger partial charge < -0.3 is 15.5 Å². The number of hydrogen-bond donors (Lipinski definition) is 3. The maximum atomic E-state index is 10.6. The Bertz CT molecular complexity index is 114. The molecule has 0 bridgehead atoms. The lowest BCUT2D eigenvalue weighted by molar-refractivity contribution is -0.129. The van der Waals surface area contributed by atoms with Crippen LogP contribution in [0.1, 0.15) is 13.8 Å². The van der Waals surface area contributed by atoms with E-state index in [0.29, 0.717) is 0 Å². The predicted octanol–water partition coefficient (Wildman–Crippen LogP) is -1.14. The SMILES string of the molecule is CC(CO)NC(=O)C(C)O. The molecular formula is C6H13NO3. The number of nitrogens with one attached hydrogen (secondary N) is 1. The van der Waals surface area contributed by atoms with Crippen LogP contribution in [0.15, 0.2) is 0 Å². The van der Waals surface area contributed by atoms with Gasteiger partial charge in [-0.1, -0.05) is 0 Å². The third-order valence-electron chi connectivity index (χ3n) is 1.04. The third kappa shape index (κ3) is 3.42. The van der Waals surface area contributed by atoms with E-state index in [1.54, 1.807) is 6.92 Å². The summed E-state index contributed by atoms with van der Waals surface area (Å²) >= 11 is 0. The van der Waals surface area contributed by atoms with E-state index in [1.807, 2.05) is 0 Å². The van der Waals surface area contributed by atoms with Crippen LogP contribution in [0.4, 0.5) is 0 Å². The number of aliphatic hydroxyl groups is 2. The maximum absolute atomic E-state index is 10.6. The molecule has 10 heavy (non-hydrogen) atoms. The molecule has 1 amide bonds. The fourth-order valence-corrected chi connectivity index (χ4v) is 0.409. The Balaban J connectivity index is 3.57. The smallest absolute Gasteiger partial charge is 0.248 e. The summed E-state index contributed by atoms with van der Waals surface area (Å²) in [5, 5.41) is 19.5. The molecule has 0 saturated carbocycles. The molecular weight excluding hydrogens is 134 g/mol. The van der Waals surface area contributed by atoms with Gasteiger partial charge in [0.15, 0.2) is 0 Å². The van der Waals surface area contributed by atoms with Crippen LogP contribution in [0.5, 0.6) is 0 Å². The number of aliphatic hydroxyl groups excluding tert-OH is 2. The largest absolute Gasteiger partial charge is 0.394 e. The van der Waals surface area contributed by atoms with Crippen molar-refractivity contribution in [2.45, 2.75) is 26.0 Å². The highest BCUT2D eigenvalue weighted by Gasteiger charge is 2.10. The molecule has 60 valence electrons. The molecule has 2 atom stereocenters. The van der Waals surface area contributed by atoms with Crippen LogP contribution in [-0.4, -0.2) is 34.9 Å². The van der Waals surface area contributed by atoms with Crippen molar-refractivity contribution >= 4 is 5.91 Å². The Morgan fingerprint density at radius 1 is 1.60 bits per heavy atom. The summed E-state index contributed by atoms with van der Waals surface area (Å²) in [4.78, 5) is 10.6. The van der Waals surface area contributed by atoms with Crippen molar-refractivity contribution in [2.75, 3.05) is 6.61 Å². The zero-order valence-corrected chi connectivity index (χ0v) is 6.16. The van der Waals surface area contributed by atoms with Crippen molar-refractivity contribution in [3.8, 4) is 0 Å². The number of carbonyl (C=O) groups excluding carboxylic acids is 1. The Morgan fingerprint density at radius 2 is 2.10 bits per heavy atom. The van der Waals surface area contributed by atoms with Crippen molar-refractivity contribution in [3.63, 3.8) is 0 Å². The van der Waals surface area contributed by atoms with Gasteiger partial charge in [0.2, 0.25) is 5.91 Å². The van der Waals surface area contributed by atoms with Gasteiger partial charge in [0.1, 0.15) is 6.10 Å². The van der Waals surface area contributed by atoms with Gasteiger partial charge in [0.25, 0.3) is 0 Å². The topological polar surface area (TPSA) is 69.6 Å². The minimum Gasteiger partial charge on any atom is -0.394 e. The predicted molar refractivity (Wildman–Crippen MR) is 36.4 cm³/mol. The Hall–Kier alpha value is -0.610. The second kappa shape index (κ2) is 4.24. The molecule has 0 aromatic carbocycles. The number of amides is 1. The molecule has 0 radical (unpaired) electrons. The first kappa shape index (κ1) is 9.39. The molecule has 0 rings (SSSR count). The number of rotatable bonds is 3. The zero-order valence-electron chi connectivity index (χ0n) is 6.16. The molecule has 3 N–H and O–H groups in total. The van der Waals surface area contributed by atoms with E-state index in [1.165, 1.54) is 6.92 Å². The summed E-state index contributed by atoms with van der Waals surface area (Å²) in [6.07, 6.45) is -1.01. The van der Waals surface area contributed by atoms with Gasteiger partial charge in [-0.3, -0.25) is 4.79 Å². The summed E-state index contributed by atoms with van der Waals surface area (Å²) in [6, 6.07) is -0.290. The van der Waals surface area contributed by atoms with Crippen LogP contribution < -0.4 is 5.32 Å². The van der Waals surface area contributed by atoms with Crippen molar-refractivity contribution in [2.24, 2.45) is 0 Å². The molecule has 0 aliphatic rings. The van der Waals surface area contributed by atoms with Crippen molar-refractivity contribution < 1.29 is 15.0 Å². The van der Waals surface area contributed by atoms with Gasteiger partial charge in [-0.2, -0.15) is 0 Å². The van der Waals surface area contributed by atoms with Crippen molar-refractivity contribution in [1.82, 2.24) is 5.32 Å². The van der Waals surface area contributed by atoms with Crippen molar-refractivity contribution in [1.29, 1.82) is 0 Å². The van der Waals surface area contributed by atoms with Gasteiger partial charge in [-0.15, -0.1) is 0 Å². The lowest BCUT2D eigenvalue weighted by Gasteiger charge is -2.11. The average molecular weight is 147 g/mol. The molecule has 0 aliphatic carbocycles. The van der Waals surface area contributed by atoms with Crippen LogP contribution in [0.25, 0.3) is 0 Å². The maximum Gasteiger partial charge on any atom is 0.248 e.